The number of carbonyl (C=O) groups is 2. The first-order valence-corrected chi connectivity index (χ1v) is 7.17. The molecule has 4 nitrogen and oxygen atoms in total. The Balaban J connectivity index is 2.50. The van der Waals surface area contributed by atoms with Crippen molar-refractivity contribution in [2.24, 2.45) is 0 Å². The second-order valence-electron chi connectivity index (χ2n) is 4.67. The molecule has 0 atom stereocenters. The van der Waals surface area contributed by atoms with E-state index in [1.54, 1.807) is 17.0 Å². The largest absolute Gasteiger partial charge is 0.356 e. The average Bonchev–Trinajstić information content (AvgIpc) is 2.42. The monoisotopic (exact) mass is 296 g/mol. The van der Waals surface area contributed by atoms with Crippen LogP contribution in [-0.2, 0) is 16.1 Å². The molecule has 0 saturated heterocycles. The highest BCUT2D eigenvalue weighted by Gasteiger charge is 2.11. The Labute approximate surface area is 125 Å². The van der Waals surface area contributed by atoms with Crippen LogP contribution in [0.3, 0.4) is 0 Å². The van der Waals surface area contributed by atoms with Gasteiger partial charge in [0.2, 0.25) is 11.8 Å². The first-order chi connectivity index (χ1) is 9.52. The van der Waals surface area contributed by atoms with Crippen LogP contribution < -0.4 is 5.32 Å². The number of amides is 2. The van der Waals surface area contributed by atoms with Crippen LogP contribution >= 0.6 is 11.6 Å². The van der Waals surface area contributed by atoms with E-state index in [9.17, 15) is 9.59 Å². The van der Waals surface area contributed by atoms with Gasteiger partial charge in [0.15, 0.2) is 0 Å². The van der Waals surface area contributed by atoms with Crippen molar-refractivity contribution in [2.45, 2.75) is 33.2 Å². The van der Waals surface area contributed by atoms with Gasteiger partial charge < -0.3 is 10.2 Å². The van der Waals surface area contributed by atoms with Crippen molar-refractivity contribution in [3.63, 3.8) is 0 Å². The van der Waals surface area contributed by atoms with Gasteiger partial charge in [0, 0.05) is 38.0 Å². The van der Waals surface area contributed by atoms with Crippen molar-refractivity contribution in [1.29, 1.82) is 0 Å². The van der Waals surface area contributed by atoms with E-state index in [4.69, 9.17) is 11.6 Å². The summed E-state index contributed by atoms with van der Waals surface area (Å²) in [5.74, 6) is -0.0579. The van der Waals surface area contributed by atoms with Crippen LogP contribution in [0.25, 0.3) is 0 Å². The van der Waals surface area contributed by atoms with Crippen LogP contribution in [0.4, 0.5) is 0 Å². The van der Waals surface area contributed by atoms with Crippen molar-refractivity contribution in [3.05, 3.63) is 34.9 Å². The fourth-order valence-electron chi connectivity index (χ4n) is 1.75. The molecule has 0 fully saturated rings. The molecule has 1 aromatic rings. The van der Waals surface area contributed by atoms with E-state index in [0.29, 0.717) is 31.1 Å². The molecule has 5 heteroatoms. The lowest BCUT2D eigenvalue weighted by molar-refractivity contribution is -0.130. The Morgan fingerprint density at radius 1 is 1.25 bits per heavy atom. The van der Waals surface area contributed by atoms with E-state index in [-0.39, 0.29) is 11.8 Å². The van der Waals surface area contributed by atoms with Gasteiger partial charge in [-0.05, 0) is 24.1 Å². The lowest BCUT2D eigenvalue weighted by Crippen LogP contribution is -2.33. The fraction of sp³-hybridized carbons (Fsp3) is 0.467. The highest BCUT2D eigenvalue weighted by atomic mass is 35.5. The molecule has 0 unspecified atom stereocenters. The molecule has 0 heterocycles. The van der Waals surface area contributed by atoms with E-state index in [1.807, 2.05) is 19.1 Å². The van der Waals surface area contributed by atoms with Gasteiger partial charge in [-0.3, -0.25) is 9.59 Å². The van der Waals surface area contributed by atoms with Gasteiger partial charge in [-0.1, -0.05) is 30.7 Å². The number of benzene rings is 1. The molecule has 0 radical (unpaired) electrons. The summed E-state index contributed by atoms with van der Waals surface area (Å²) in [6.45, 7) is 5.11. The van der Waals surface area contributed by atoms with Crippen molar-refractivity contribution in [1.82, 2.24) is 10.2 Å². The zero-order valence-electron chi connectivity index (χ0n) is 12.0. The second kappa shape index (κ2) is 8.59. The van der Waals surface area contributed by atoms with Crippen LogP contribution in [0.1, 0.15) is 32.3 Å². The number of nitrogens with zero attached hydrogens (tertiary/aromatic N) is 1. The molecule has 20 heavy (non-hydrogen) atoms. The number of halogens is 1. The molecule has 110 valence electrons. The summed E-state index contributed by atoms with van der Waals surface area (Å²) in [6, 6.07) is 7.36. The number of carbonyl (C=O) groups excluding carboxylic acids is 2. The number of rotatable bonds is 7. The Kier molecular flexibility index (Phi) is 7.09. The maximum absolute atomic E-state index is 11.6. The van der Waals surface area contributed by atoms with Gasteiger partial charge in [-0.2, -0.15) is 0 Å². The maximum atomic E-state index is 11.6. The maximum Gasteiger partial charge on any atom is 0.221 e. The summed E-state index contributed by atoms with van der Waals surface area (Å²) in [4.78, 5) is 24.8. The Bertz CT molecular complexity index is 446. The summed E-state index contributed by atoms with van der Waals surface area (Å²) in [5, 5.41) is 3.47. The van der Waals surface area contributed by atoms with Gasteiger partial charge in [0.05, 0.1) is 0 Å². The minimum atomic E-state index is -0.0387. The van der Waals surface area contributed by atoms with Crippen LogP contribution in [0.5, 0.6) is 0 Å². The lowest BCUT2D eigenvalue weighted by Gasteiger charge is -2.21. The summed E-state index contributed by atoms with van der Waals surface area (Å²) in [7, 11) is 0. The topological polar surface area (TPSA) is 49.4 Å². The number of hydrogen-bond donors (Lipinski definition) is 1. The first kappa shape index (κ1) is 16.5. The van der Waals surface area contributed by atoms with Crippen LogP contribution in [0, 0.1) is 0 Å². The lowest BCUT2D eigenvalue weighted by atomic mass is 10.2. The predicted molar refractivity (Wildman–Crippen MR) is 80.5 cm³/mol. The van der Waals surface area contributed by atoms with Crippen molar-refractivity contribution in [2.75, 3.05) is 13.1 Å². The number of hydrogen-bond acceptors (Lipinski definition) is 2. The van der Waals surface area contributed by atoms with Crippen molar-refractivity contribution >= 4 is 23.4 Å². The van der Waals surface area contributed by atoms with Gasteiger partial charge in [0.25, 0.3) is 0 Å². The summed E-state index contributed by atoms with van der Waals surface area (Å²) in [6.07, 6.45) is 1.24. The van der Waals surface area contributed by atoms with Gasteiger partial charge in [0.1, 0.15) is 0 Å². The molecule has 1 N–H and O–H groups in total. The first-order valence-electron chi connectivity index (χ1n) is 6.79. The SMILES string of the molecule is CCCNC(=O)CCN(Cc1ccc(Cl)cc1)C(C)=O. The quantitative estimate of drug-likeness (QED) is 0.841. The Morgan fingerprint density at radius 3 is 2.45 bits per heavy atom. The van der Waals surface area contributed by atoms with E-state index in [0.717, 1.165) is 12.0 Å². The summed E-state index contributed by atoms with van der Waals surface area (Å²) < 4.78 is 0. The predicted octanol–water partition coefficient (Wildman–Crippen LogP) is 2.60. The Hall–Kier alpha value is -1.55. The van der Waals surface area contributed by atoms with E-state index >= 15 is 0 Å². The molecule has 0 bridgehead atoms. The molecular weight excluding hydrogens is 276 g/mol. The van der Waals surface area contributed by atoms with Gasteiger partial charge in [-0.25, -0.2) is 0 Å². The van der Waals surface area contributed by atoms with Crippen LogP contribution in [0.15, 0.2) is 24.3 Å². The van der Waals surface area contributed by atoms with E-state index in [2.05, 4.69) is 5.32 Å². The highest BCUT2D eigenvalue weighted by Crippen LogP contribution is 2.11. The van der Waals surface area contributed by atoms with Crippen molar-refractivity contribution < 1.29 is 9.59 Å². The van der Waals surface area contributed by atoms with Gasteiger partial charge >= 0.3 is 0 Å². The van der Waals surface area contributed by atoms with Crippen LogP contribution in [-0.4, -0.2) is 29.8 Å². The second-order valence-corrected chi connectivity index (χ2v) is 5.10. The molecule has 0 aliphatic carbocycles. The normalized spacial score (nSPS) is 10.2. The molecule has 0 saturated carbocycles. The highest BCUT2D eigenvalue weighted by molar-refractivity contribution is 6.30. The minimum Gasteiger partial charge on any atom is -0.356 e. The molecule has 1 rings (SSSR count). The zero-order chi connectivity index (χ0) is 15.0. The number of nitrogens with one attached hydrogen (secondary N) is 1. The van der Waals surface area contributed by atoms with E-state index in [1.165, 1.54) is 6.92 Å². The molecular formula is C15H21ClN2O2. The zero-order valence-corrected chi connectivity index (χ0v) is 12.7. The average molecular weight is 297 g/mol. The summed E-state index contributed by atoms with van der Waals surface area (Å²) >= 11 is 5.83. The molecule has 1 aromatic carbocycles. The summed E-state index contributed by atoms with van der Waals surface area (Å²) in [5.41, 5.74) is 0.999. The Morgan fingerprint density at radius 2 is 1.90 bits per heavy atom. The van der Waals surface area contributed by atoms with Crippen LogP contribution in [0.2, 0.25) is 5.02 Å². The third-order valence-corrected chi connectivity index (χ3v) is 3.16. The molecule has 0 aliphatic heterocycles. The molecule has 2 amide bonds. The smallest absolute Gasteiger partial charge is 0.221 e. The molecule has 0 spiro atoms. The molecule has 0 aromatic heterocycles. The standard InChI is InChI=1S/C15H21ClN2O2/c1-3-9-17-15(20)8-10-18(12(2)19)11-13-4-6-14(16)7-5-13/h4-7H,3,8-11H2,1-2H3,(H,17,20). The minimum absolute atomic E-state index is 0.0193. The van der Waals surface area contributed by atoms with Crippen molar-refractivity contribution in [3.8, 4) is 0 Å². The third-order valence-electron chi connectivity index (χ3n) is 2.91. The van der Waals surface area contributed by atoms with E-state index < -0.39 is 0 Å². The van der Waals surface area contributed by atoms with Gasteiger partial charge in [-0.15, -0.1) is 0 Å². The molecule has 0 aliphatic rings. The third kappa shape index (κ3) is 6.06. The fourth-order valence-corrected chi connectivity index (χ4v) is 1.87.